The molecular weight excluding hydrogens is 880 g/mol. The number of hydrogen-bond acceptors (Lipinski definition) is 10. The van der Waals surface area contributed by atoms with E-state index in [-0.39, 0.29) is 25.9 Å². The van der Waals surface area contributed by atoms with Crippen molar-refractivity contribution in [3.63, 3.8) is 0 Å². The molecule has 0 rings (SSSR count). The molecule has 402 valence electrons. The number of hydrogen-bond donors (Lipinski definition) is 2. The first-order chi connectivity index (χ1) is 33.2. The summed E-state index contributed by atoms with van der Waals surface area (Å²) in [5.41, 5.74) is 0. The van der Waals surface area contributed by atoms with E-state index in [4.69, 9.17) is 23.3 Å². The number of ether oxygens (including phenoxy) is 3. The van der Waals surface area contributed by atoms with Crippen LogP contribution in [0.1, 0.15) is 290 Å². The monoisotopic (exact) mass is 987 g/mol. The smallest absolute Gasteiger partial charge is 0.462 e. The summed E-state index contributed by atoms with van der Waals surface area (Å²) < 4.78 is 39.5. The van der Waals surface area contributed by atoms with Crippen LogP contribution in [0.25, 0.3) is 0 Å². The highest BCUT2D eigenvalue weighted by molar-refractivity contribution is 7.47. The quantitative estimate of drug-likeness (QED) is 0.0197. The lowest BCUT2D eigenvalue weighted by molar-refractivity contribution is -0.161. The van der Waals surface area contributed by atoms with E-state index in [1.54, 1.807) is 0 Å². The molecule has 0 spiro atoms. The van der Waals surface area contributed by atoms with Crippen molar-refractivity contribution in [2.45, 2.75) is 303 Å². The van der Waals surface area contributed by atoms with Gasteiger partial charge in [-0.05, 0) is 38.5 Å². The number of phosphoric acid groups is 1. The Bertz CT molecular complexity index is 1200. The SMILES string of the molecule is CCCC/C=C\CCCCCCCC(=O)OCC(COP(=O)(O)OCC(CO)OC(=O)CCCCCCCCCCCCCCCCC)OC(=O)CCCCCCCCCCCCCCCCC. The molecule has 11 nitrogen and oxygen atoms in total. The predicted molar refractivity (Wildman–Crippen MR) is 280 cm³/mol. The van der Waals surface area contributed by atoms with Gasteiger partial charge in [0.05, 0.1) is 19.8 Å². The molecule has 68 heavy (non-hydrogen) atoms. The lowest BCUT2D eigenvalue weighted by atomic mass is 10.0. The summed E-state index contributed by atoms with van der Waals surface area (Å²) in [6.07, 6.45) is 48.8. The molecule has 0 aliphatic heterocycles. The zero-order chi connectivity index (χ0) is 49.9. The van der Waals surface area contributed by atoms with Crippen LogP contribution < -0.4 is 0 Å². The van der Waals surface area contributed by atoms with Crippen LogP contribution in [0.15, 0.2) is 12.2 Å². The van der Waals surface area contributed by atoms with E-state index in [1.807, 2.05) is 0 Å². The van der Waals surface area contributed by atoms with Gasteiger partial charge >= 0.3 is 25.7 Å². The van der Waals surface area contributed by atoms with Crippen molar-refractivity contribution < 1.29 is 52.2 Å². The van der Waals surface area contributed by atoms with Crippen molar-refractivity contribution >= 4 is 25.7 Å². The molecule has 0 saturated heterocycles. The number of allylic oxidation sites excluding steroid dienone is 2. The number of carbonyl (C=O) groups excluding carboxylic acids is 3. The lowest BCUT2D eigenvalue weighted by Crippen LogP contribution is -2.30. The fraction of sp³-hybridized carbons (Fsp3) is 0.911. The standard InChI is InChI=1S/C56H107O11P/c1-4-7-10-13-16-19-22-24-26-28-31-34-37-40-43-46-55(59)66-52(48-57)50-64-68(61,62)65-51-53(49-63-54(58)45-42-39-36-33-30-21-18-15-12-9-6-3)67-56(60)47-44-41-38-35-32-29-27-25-23-20-17-14-11-8-5-2/h15,18,52-53,57H,4-14,16-17,19-51H2,1-3H3,(H,61,62)/b18-15-. The van der Waals surface area contributed by atoms with E-state index in [0.717, 1.165) is 77.0 Å². The molecule has 3 unspecified atom stereocenters. The van der Waals surface area contributed by atoms with Gasteiger partial charge in [-0.1, -0.05) is 245 Å². The van der Waals surface area contributed by atoms with E-state index in [9.17, 15) is 28.9 Å². The normalized spacial score (nSPS) is 13.4. The lowest BCUT2D eigenvalue weighted by Gasteiger charge is -2.21. The molecule has 0 aliphatic rings. The molecule has 0 radical (unpaired) electrons. The summed E-state index contributed by atoms with van der Waals surface area (Å²) in [4.78, 5) is 48.4. The van der Waals surface area contributed by atoms with Crippen LogP contribution in [0.5, 0.6) is 0 Å². The minimum atomic E-state index is -4.73. The molecule has 0 aromatic rings. The Hall–Kier alpha value is -1.78. The van der Waals surface area contributed by atoms with Crippen molar-refractivity contribution in [3.05, 3.63) is 12.2 Å². The predicted octanol–water partition coefficient (Wildman–Crippen LogP) is 16.5. The van der Waals surface area contributed by atoms with Gasteiger partial charge in [0.25, 0.3) is 0 Å². The van der Waals surface area contributed by atoms with Gasteiger partial charge in [-0.25, -0.2) is 4.57 Å². The van der Waals surface area contributed by atoms with Crippen LogP contribution >= 0.6 is 7.82 Å². The molecule has 0 bridgehead atoms. The highest BCUT2D eigenvalue weighted by Gasteiger charge is 2.28. The van der Waals surface area contributed by atoms with Crippen LogP contribution in [-0.2, 0) is 42.2 Å². The summed E-state index contributed by atoms with van der Waals surface area (Å²) in [5.74, 6) is -1.45. The first-order valence-corrected chi connectivity index (χ1v) is 30.1. The summed E-state index contributed by atoms with van der Waals surface area (Å²) in [5, 5.41) is 9.80. The van der Waals surface area contributed by atoms with Gasteiger partial charge in [-0.3, -0.25) is 23.4 Å². The molecule has 0 fully saturated rings. The van der Waals surface area contributed by atoms with Gasteiger partial charge in [-0.15, -0.1) is 0 Å². The number of rotatable bonds is 54. The Kier molecular flexibility index (Phi) is 50.2. The fourth-order valence-electron chi connectivity index (χ4n) is 8.28. The molecule has 0 amide bonds. The van der Waals surface area contributed by atoms with Crippen LogP contribution in [-0.4, -0.2) is 66.5 Å². The Morgan fingerprint density at radius 1 is 0.397 bits per heavy atom. The second-order valence-electron chi connectivity index (χ2n) is 19.5. The average Bonchev–Trinajstić information content (AvgIpc) is 3.32. The number of unbranched alkanes of at least 4 members (excludes halogenated alkanes) is 35. The van der Waals surface area contributed by atoms with Gasteiger partial charge in [0.1, 0.15) is 12.7 Å². The summed E-state index contributed by atoms with van der Waals surface area (Å²) in [7, 11) is -4.73. The second-order valence-corrected chi connectivity index (χ2v) is 20.9. The third-order valence-electron chi connectivity index (χ3n) is 12.7. The van der Waals surface area contributed by atoms with E-state index in [0.29, 0.717) is 19.3 Å². The van der Waals surface area contributed by atoms with E-state index in [1.165, 1.54) is 154 Å². The van der Waals surface area contributed by atoms with E-state index < -0.39 is 57.8 Å². The minimum absolute atomic E-state index is 0.174. The highest BCUT2D eigenvalue weighted by Crippen LogP contribution is 2.43. The molecular formula is C56H107O11P. The van der Waals surface area contributed by atoms with Gasteiger partial charge in [0.15, 0.2) is 6.10 Å². The third-order valence-corrected chi connectivity index (χ3v) is 13.6. The number of aliphatic hydroxyl groups excluding tert-OH is 1. The maximum atomic E-state index is 12.9. The molecule has 0 aliphatic carbocycles. The largest absolute Gasteiger partial charge is 0.472 e. The summed E-state index contributed by atoms with van der Waals surface area (Å²) >= 11 is 0. The van der Waals surface area contributed by atoms with Gasteiger partial charge in [-0.2, -0.15) is 0 Å². The Morgan fingerprint density at radius 2 is 0.691 bits per heavy atom. The zero-order valence-electron chi connectivity index (χ0n) is 44.4. The maximum Gasteiger partial charge on any atom is 0.472 e. The van der Waals surface area contributed by atoms with Crippen LogP contribution in [0.3, 0.4) is 0 Å². The Morgan fingerprint density at radius 3 is 1.06 bits per heavy atom. The average molecular weight is 987 g/mol. The Balaban J connectivity index is 4.64. The number of esters is 3. The van der Waals surface area contributed by atoms with Gasteiger partial charge < -0.3 is 24.2 Å². The van der Waals surface area contributed by atoms with Crippen LogP contribution in [0.4, 0.5) is 0 Å². The molecule has 0 aromatic heterocycles. The first-order valence-electron chi connectivity index (χ1n) is 28.6. The van der Waals surface area contributed by atoms with Crippen molar-refractivity contribution in [2.24, 2.45) is 0 Å². The van der Waals surface area contributed by atoms with Gasteiger partial charge in [0, 0.05) is 19.3 Å². The van der Waals surface area contributed by atoms with Gasteiger partial charge in [0.2, 0.25) is 0 Å². The van der Waals surface area contributed by atoms with E-state index in [2.05, 4.69) is 32.9 Å². The van der Waals surface area contributed by atoms with Crippen molar-refractivity contribution in [1.82, 2.24) is 0 Å². The van der Waals surface area contributed by atoms with E-state index >= 15 is 0 Å². The number of aliphatic hydroxyl groups is 1. The van der Waals surface area contributed by atoms with Crippen LogP contribution in [0.2, 0.25) is 0 Å². The third kappa shape index (κ3) is 49.2. The molecule has 3 atom stereocenters. The highest BCUT2D eigenvalue weighted by atomic mass is 31.2. The maximum absolute atomic E-state index is 12.9. The zero-order valence-corrected chi connectivity index (χ0v) is 45.2. The van der Waals surface area contributed by atoms with Crippen molar-refractivity contribution in [2.75, 3.05) is 26.4 Å². The molecule has 0 aromatic carbocycles. The fourth-order valence-corrected chi connectivity index (χ4v) is 9.06. The second kappa shape index (κ2) is 51.6. The molecule has 0 saturated carbocycles. The number of carbonyl (C=O) groups is 3. The summed E-state index contributed by atoms with van der Waals surface area (Å²) in [6.45, 7) is 4.65. The minimum Gasteiger partial charge on any atom is -0.462 e. The van der Waals surface area contributed by atoms with Crippen molar-refractivity contribution in [3.8, 4) is 0 Å². The number of phosphoric ester groups is 1. The summed E-state index contributed by atoms with van der Waals surface area (Å²) in [6, 6.07) is 0. The topological polar surface area (TPSA) is 155 Å². The van der Waals surface area contributed by atoms with Crippen molar-refractivity contribution in [1.29, 1.82) is 0 Å². The molecule has 12 heteroatoms. The Labute approximate surface area is 417 Å². The molecule has 2 N–H and O–H groups in total. The molecule has 0 heterocycles. The first kappa shape index (κ1) is 66.2. The van der Waals surface area contributed by atoms with Crippen LogP contribution in [0, 0.1) is 0 Å².